The molecule has 144 valence electrons. The zero-order chi connectivity index (χ0) is 20.0. The SMILES string of the molecule is Cc1ccc(S(=O)(=O)NCC(=O)N(Cc2ccccc2)c2ccccc2)cc1. The van der Waals surface area contributed by atoms with Crippen LogP contribution in [0.4, 0.5) is 5.69 Å². The van der Waals surface area contributed by atoms with Gasteiger partial charge in [0.2, 0.25) is 15.9 Å². The van der Waals surface area contributed by atoms with Crippen molar-refractivity contribution in [3.8, 4) is 0 Å². The van der Waals surface area contributed by atoms with Gasteiger partial charge in [0.15, 0.2) is 0 Å². The first-order valence-corrected chi connectivity index (χ1v) is 10.4. The predicted octanol–water partition coefficient (Wildman–Crippen LogP) is 3.51. The monoisotopic (exact) mass is 394 g/mol. The highest BCUT2D eigenvalue weighted by Crippen LogP contribution is 2.17. The van der Waals surface area contributed by atoms with E-state index < -0.39 is 10.0 Å². The fraction of sp³-hybridized carbons (Fsp3) is 0.136. The second kappa shape index (κ2) is 8.82. The highest BCUT2D eigenvalue weighted by molar-refractivity contribution is 7.89. The predicted molar refractivity (Wildman–Crippen MR) is 110 cm³/mol. The van der Waals surface area contributed by atoms with Crippen LogP contribution in [0, 0.1) is 6.92 Å². The van der Waals surface area contributed by atoms with E-state index in [1.165, 1.54) is 12.1 Å². The van der Waals surface area contributed by atoms with E-state index in [9.17, 15) is 13.2 Å². The van der Waals surface area contributed by atoms with Crippen LogP contribution in [0.2, 0.25) is 0 Å². The highest BCUT2D eigenvalue weighted by atomic mass is 32.2. The maximum atomic E-state index is 12.9. The largest absolute Gasteiger partial charge is 0.307 e. The molecule has 3 rings (SSSR count). The van der Waals surface area contributed by atoms with E-state index in [2.05, 4.69) is 4.72 Å². The molecule has 0 radical (unpaired) electrons. The number of hydrogen-bond acceptors (Lipinski definition) is 3. The molecule has 5 nitrogen and oxygen atoms in total. The summed E-state index contributed by atoms with van der Waals surface area (Å²) in [4.78, 5) is 14.6. The van der Waals surface area contributed by atoms with Crippen molar-refractivity contribution >= 4 is 21.6 Å². The minimum atomic E-state index is -3.76. The van der Waals surface area contributed by atoms with E-state index in [1.807, 2.05) is 67.6 Å². The number of para-hydroxylation sites is 1. The topological polar surface area (TPSA) is 66.5 Å². The molecule has 0 unspecified atom stereocenters. The zero-order valence-electron chi connectivity index (χ0n) is 15.6. The molecule has 6 heteroatoms. The van der Waals surface area contributed by atoms with Gasteiger partial charge in [-0.05, 0) is 36.8 Å². The summed E-state index contributed by atoms with van der Waals surface area (Å²) >= 11 is 0. The van der Waals surface area contributed by atoms with Crippen LogP contribution in [-0.2, 0) is 21.4 Å². The standard InChI is InChI=1S/C22H22N2O3S/c1-18-12-14-21(15-13-18)28(26,27)23-16-22(25)24(20-10-6-3-7-11-20)17-19-8-4-2-5-9-19/h2-15,23H,16-17H2,1H3. The van der Waals surface area contributed by atoms with Crippen LogP contribution in [0.15, 0.2) is 89.8 Å². The summed E-state index contributed by atoms with van der Waals surface area (Å²) in [5.74, 6) is -0.328. The average Bonchev–Trinajstić information content (AvgIpc) is 2.72. The Balaban J connectivity index is 1.77. The van der Waals surface area contributed by atoms with Crippen LogP contribution < -0.4 is 9.62 Å². The Morgan fingerprint density at radius 2 is 1.43 bits per heavy atom. The fourth-order valence-electron chi connectivity index (χ4n) is 2.75. The van der Waals surface area contributed by atoms with Crippen LogP contribution >= 0.6 is 0 Å². The lowest BCUT2D eigenvalue weighted by atomic mass is 10.2. The Morgan fingerprint density at radius 1 is 0.857 bits per heavy atom. The van der Waals surface area contributed by atoms with Crippen molar-refractivity contribution in [2.75, 3.05) is 11.4 Å². The van der Waals surface area contributed by atoms with Gasteiger partial charge in [-0.1, -0.05) is 66.2 Å². The highest BCUT2D eigenvalue weighted by Gasteiger charge is 2.20. The van der Waals surface area contributed by atoms with Gasteiger partial charge in [0.25, 0.3) is 0 Å². The number of carbonyl (C=O) groups excluding carboxylic acids is 1. The third kappa shape index (κ3) is 5.06. The number of nitrogens with one attached hydrogen (secondary N) is 1. The van der Waals surface area contributed by atoms with Crippen molar-refractivity contribution in [2.45, 2.75) is 18.4 Å². The second-order valence-corrected chi connectivity index (χ2v) is 8.21. The lowest BCUT2D eigenvalue weighted by Gasteiger charge is -2.23. The first-order valence-electron chi connectivity index (χ1n) is 8.91. The van der Waals surface area contributed by atoms with Crippen LogP contribution in [0.3, 0.4) is 0 Å². The van der Waals surface area contributed by atoms with Crippen molar-refractivity contribution in [1.29, 1.82) is 0 Å². The number of rotatable bonds is 7. The molecule has 0 aliphatic carbocycles. The van der Waals surface area contributed by atoms with Crippen LogP contribution in [0.25, 0.3) is 0 Å². The number of aryl methyl sites for hydroxylation is 1. The van der Waals surface area contributed by atoms with Crippen molar-refractivity contribution in [1.82, 2.24) is 4.72 Å². The van der Waals surface area contributed by atoms with E-state index in [0.717, 1.165) is 11.1 Å². The number of carbonyl (C=O) groups is 1. The molecule has 28 heavy (non-hydrogen) atoms. The van der Waals surface area contributed by atoms with Gasteiger partial charge in [0, 0.05) is 5.69 Å². The van der Waals surface area contributed by atoms with Crippen molar-refractivity contribution in [3.63, 3.8) is 0 Å². The molecule has 1 N–H and O–H groups in total. The van der Waals surface area contributed by atoms with E-state index in [1.54, 1.807) is 17.0 Å². The molecule has 0 atom stereocenters. The summed E-state index contributed by atoms with van der Waals surface area (Å²) < 4.78 is 27.4. The minimum Gasteiger partial charge on any atom is -0.307 e. The zero-order valence-corrected chi connectivity index (χ0v) is 16.4. The van der Waals surface area contributed by atoms with Crippen molar-refractivity contribution < 1.29 is 13.2 Å². The smallest absolute Gasteiger partial charge is 0.242 e. The Kier molecular flexibility index (Phi) is 6.23. The molecular formula is C22H22N2O3S. The number of nitrogens with zero attached hydrogens (tertiary/aromatic N) is 1. The van der Waals surface area contributed by atoms with Crippen molar-refractivity contribution in [3.05, 3.63) is 96.1 Å². The number of benzene rings is 3. The van der Waals surface area contributed by atoms with Crippen LogP contribution in [0.5, 0.6) is 0 Å². The quantitative estimate of drug-likeness (QED) is 0.667. The molecule has 0 aromatic heterocycles. The van der Waals surface area contributed by atoms with Gasteiger partial charge < -0.3 is 4.90 Å². The van der Waals surface area contributed by atoms with Crippen LogP contribution in [-0.4, -0.2) is 20.9 Å². The van der Waals surface area contributed by atoms with Gasteiger partial charge in [0.1, 0.15) is 0 Å². The van der Waals surface area contributed by atoms with Gasteiger partial charge in [-0.25, -0.2) is 13.1 Å². The van der Waals surface area contributed by atoms with Crippen molar-refractivity contribution in [2.24, 2.45) is 0 Å². The Bertz CT molecular complexity index is 1020. The number of anilines is 1. The summed E-state index contributed by atoms with van der Waals surface area (Å²) in [7, 11) is -3.76. The molecule has 0 saturated carbocycles. The molecule has 0 spiro atoms. The van der Waals surface area contributed by atoms with Gasteiger partial charge in [-0.2, -0.15) is 0 Å². The Morgan fingerprint density at radius 3 is 2.04 bits per heavy atom. The Labute approximate surface area is 165 Å². The molecule has 0 bridgehead atoms. The molecule has 1 amide bonds. The summed E-state index contributed by atoms with van der Waals surface area (Å²) in [5, 5.41) is 0. The third-order valence-electron chi connectivity index (χ3n) is 4.30. The first-order chi connectivity index (χ1) is 13.5. The lowest BCUT2D eigenvalue weighted by molar-refractivity contribution is -0.117. The summed E-state index contributed by atoms with van der Waals surface area (Å²) in [5.41, 5.74) is 2.64. The second-order valence-electron chi connectivity index (χ2n) is 6.44. The number of hydrogen-bond donors (Lipinski definition) is 1. The van der Waals surface area contributed by atoms with Gasteiger partial charge in [-0.3, -0.25) is 4.79 Å². The maximum Gasteiger partial charge on any atom is 0.242 e. The normalized spacial score (nSPS) is 11.2. The molecule has 0 heterocycles. The molecule has 0 saturated heterocycles. The van der Waals surface area contributed by atoms with E-state index in [-0.39, 0.29) is 17.3 Å². The fourth-order valence-corrected chi connectivity index (χ4v) is 3.72. The molecule has 0 aliphatic rings. The summed E-state index contributed by atoms with van der Waals surface area (Å²) in [6, 6.07) is 25.3. The lowest BCUT2D eigenvalue weighted by Crippen LogP contribution is -2.40. The molecule has 0 aliphatic heterocycles. The summed E-state index contributed by atoms with van der Waals surface area (Å²) in [6.45, 7) is 1.92. The third-order valence-corrected chi connectivity index (χ3v) is 5.71. The summed E-state index contributed by atoms with van der Waals surface area (Å²) in [6.07, 6.45) is 0. The van der Waals surface area contributed by atoms with E-state index >= 15 is 0 Å². The maximum absolute atomic E-state index is 12.9. The first kappa shape index (κ1) is 19.8. The van der Waals surface area contributed by atoms with Crippen LogP contribution in [0.1, 0.15) is 11.1 Å². The van der Waals surface area contributed by atoms with E-state index in [0.29, 0.717) is 12.2 Å². The van der Waals surface area contributed by atoms with Gasteiger partial charge in [-0.15, -0.1) is 0 Å². The molecule has 3 aromatic rings. The average molecular weight is 394 g/mol. The minimum absolute atomic E-state index is 0.139. The molecule has 0 fully saturated rings. The molecule has 3 aromatic carbocycles. The number of sulfonamides is 1. The van der Waals surface area contributed by atoms with E-state index in [4.69, 9.17) is 0 Å². The Hall–Kier alpha value is -2.96. The van der Waals surface area contributed by atoms with Gasteiger partial charge in [0.05, 0.1) is 18.0 Å². The van der Waals surface area contributed by atoms with Gasteiger partial charge >= 0.3 is 0 Å². The molecular weight excluding hydrogens is 372 g/mol. The number of amides is 1.